The second-order valence-electron chi connectivity index (χ2n) is 12.4. The van der Waals surface area contributed by atoms with Gasteiger partial charge >= 0.3 is 0 Å². The molecule has 0 aliphatic rings. The molecule has 0 saturated heterocycles. The van der Waals surface area contributed by atoms with Crippen molar-refractivity contribution in [2.24, 2.45) is 5.41 Å². The molecule has 1 aromatic rings. The van der Waals surface area contributed by atoms with Crippen molar-refractivity contribution >= 4 is 29.2 Å². The first-order valence-corrected chi connectivity index (χ1v) is 18.4. The van der Waals surface area contributed by atoms with Crippen molar-refractivity contribution in [2.75, 3.05) is 0 Å². The van der Waals surface area contributed by atoms with E-state index in [2.05, 4.69) is 106 Å². The zero-order valence-electron chi connectivity index (χ0n) is 21.7. The zero-order valence-corrected chi connectivity index (χ0v) is 24.8. The SMILES string of the molecule is CC(C[SiH](C)C)c1cccc(C(C)(C)C)c1.C[SiH](C)CCC(C)(C)CC(C)(C)Cl. The molecule has 0 N–H and O–H groups in total. The first-order chi connectivity index (χ1) is 12.9. The van der Waals surface area contributed by atoms with Crippen LogP contribution in [0.25, 0.3) is 0 Å². The van der Waals surface area contributed by atoms with Crippen LogP contribution in [-0.4, -0.2) is 22.5 Å². The van der Waals surface area contributed by atoms with Gasteiger partial charge in [-0.1, -0.05) is 111 Å². The maximum absolute atomic E-state index is 6.24. The van der Waals surface area contributed by atoms with Gasteiger partial charge in [0.15, 0.2) is 0 Å². The average molecular weight is 455 g/mol. The molecule has 1 unspecified atom stereocenters. The summed E-state index contributed by atoms with van der Waals surface area (Å²) >= 11 is 6.24. The molecule has 170 valence electrons. The molecule has 0 aromatic heterocycles. The largest absolute Gasteiger partial charge is 0.120 e. The minimum atomic E-state index is -0.456. The number of hydrogen-bond donors (Lipinski definition) is 0. The summed E-state index contributed by atoms with van der Waals surface area (Å²) in [6.45, 7) is 27.8. The molecular formula is C26H51ClSi2. The zero-order chi connectivity index (χ0) is 23.0. The van der Waals surface area contributed by atoms with Gasteiger partial charge in [-0.25, -0.2) is 0 Å². The van der Waals surface area contributed by atoms with E-state index in [0.717, 1.165) is 12.3 Å². The molecule has 0 saturated carbocycles. The van der Waals surface area contributed by atoms with E-state index in [1.165, 1.54) is 29.6 Å². The topological polar surface area (TPSA) is 0 Å². The first kappa shape index (κ1) is 28.9. The predicted molar refractivity (Wildman–Crippen MR) is 144 cm³/mol. The Hall–Kier alpha value is -0.0562. The van der Waals surface area contributed by atoms with Gasteiger partial charge in [-0.3, -0.25) is 0 Å². The minimum Gasteiger partial charge on any atom is -0.120 e. The van der Waals surface area contributed by atoms with Gasteiger partial charge in [0.25, 0.3) is 0 Å². The lowest BCUT2D eigenvalue weighted by Gasteiger charge is -2.31. The Labute approximate surface area is 192 Å². The van der Waals surface area contributed by atoms with E-state index in [0.29, 0.717) is 5.41 Å². The standard InChI is InChI=1S/C15H26Si.C11H25ClSi/c1-12(11-16(5)6)13-8-7-9-14(10-13)15(2,3)4;1-10(2,7-8-13(5)6)9-11(3,4)12/h7-10,12,16H,11H2,1-6H3;13H,7-9H2,1-6H3. The van der Waals surface area contributed by atoms with Gasteiger partial charge in [-0.2, -0.15) is 0 Å². The van der Waals surface area contributed by atoms with Gasteiger partial charge in [0, 0.05) is 22.5 Å². The van der Waals surface area contributed by atoms with Gasteiger partial charge in [-0.15, -0.1) is 11.6 Å². The molecule has 0 nitrogen and oxygen atoms in total. The van der Waals surface area contributed by atoms with Crippen molar-refractivity contribution in [3.8, 4) is 0 Å². The Kier molecular flexibility index (Phi) is 12.1. The highest BCUT2D eigenvalue weighted by atomic mass is 35.5. The first-order valence-electron chi connectivity index (χ1n) is 11.7. The second-order valence-corrected chi connectivity index (χ2v) is 20.0. The van der Waals surface area contributed by atoms with Crippen molar-refractivity contribution in [1.29, 1.82) is 0 Å². The molecule has 3 heteroatoms. The molecule has 0 aliphatic carbocycles. The lowest BCUT2D eigenvalue weighted by atomic mass is 9.81. The highest BCUT2D eigenvalue weighted by Gasteiger charge is 2.26. The fourth-order valence-corrected chi connectivity index (χ4v) is 7.47. The fourth-order valence-electron chi connectivity index (χ4n) is 4.06. The number of benzene rings is 1. The monoisotopic (exact) mass is 454 g/mol. The van der Waals surface area contributed by atoms with Gasteiger partial charge in [-0.05, 0) is 48.1 Å². The number of alkyl halides is 1. The van der Waals surface area contributed by atoms with E-state index < -0.39 is 8.80 Å². The molecule has 0 spiro atoms. The normalized spacial score (nSPS) is 14.0. The summed E-state index contributed by atoms with van der Waals surface area (Å²) in [5, 5.41) is 0. The third kappa shape index (κ3) is 14.6. The number of rotatable bonds is 8. The van der Waals surface area contributed by atoms with E-state index in [1.807, 2.05) is 0 Å². The Bertz CT molecular complexity index is 577. The van der Waals surface area contributed by atoms with Gasteiger partial charge < -0.3 is 0 Å². The maximum atomic E-state index is 6.24. The van der Waals surface area contributed by atoms with E-state index in [-0.39, 0.29) is 19.1 Å². The lowest BCUT2D eigenvalue weighted by molar-refractivity contribution is 0.289. The van der Waals surface area contributed by atoms with Crippen molar-refractivity contribution in [2.45, 2.75) is 123 Å². The summed E-state index contributed by atoms with van der Waals surface area (Å²) in [7, 11) is -0.837. The van der Waals surface area contributed by atoms with Crippen molar-refractivity contribution in [3.05, 3.63) is 35.4 Å². The lowest BCUT2D eigenvalue weighted by Crippen LogP contribution is -2.24. The molecule has 0 radical (unpaired) electrons. The fraction of sp³-hybridized carbons (Fsp3) is 0.769. The molecule has 0 heterocycles. The van der Waals surface area contributed by atoms with Crippen molar-refractivity contribution in [3.63, 3.8) is 0 Å². The van der Waals surface area contributed by atoms with Crippen LogP contribution in [0.5, 0.6) is 0 Å². The van der Waals surface area contributed by atoms with Crippen LogP contribution in [0.2, 0.25) is 38.3 Å². The van der Waals surface area contributed by atoms with Crippen molar-refractivity contribution < 1.29 is 0 Å². The Morgan fingerprint density at radius 2 is 1.45 bits per heavy atom. The van der Waals surface area contributed by atoms with Crippen LogP contribution < -0.4 is 0 Å². The quantitative estimate of drug-likeness (QED) is 0.271. The van der Waals surface area contributed by atoms with Gasteiger partial charge in [0.05, 0.1) is 0 Å². The smallest absolute Gasteiger partial charge is 0.0395 e. The van der Waals surface area contributed by atoms with Crippen LogP contribution in [0.4, 0.5) is 0 Å². The van der Waals surface area contributed by atoms with Gasteiger partial charge in [0.2, 0.25) is 0 Å². The summed E-state index contributed by atoms with van der Waals surface area (Å²) in [6, 6.07) is 12.0. The molecule has 29 heavy (non-hydrogen) atoms. The second kappa shape index (κ2) is 12.1. The summed E-state index contributed by atoms with van der Waals surface area (Å²) in [5.74, 6) is 0.731. The van der Waals surface area contributed by atoms with Crippen LogP contribution >= 0.6 is 11.6 Å². The van der Waals surface area contributed by atoms with Gasteiger partial charge in [0.1, 0.15) is 0 Å². The van der Waals surface area contributed by atoms with Crippen molar-refractivity contribution in [1.82, 2.24) is 0 Å². The summed E-state index contributed by atoms with van der Waals surface area (Å²) < 4.78 is 0. The molecule has 0 amide bonds. The summed E-state index contributed by atoms with van der Waals surface area (Å²) in [5.41, 5.74) is 3.67. The minimum absolute atomic E-state index is 0.0396. The molecule has 1 rings (SSSR count). The Morgan fingerprint density at radius 3 is 1.86 bits per heavy atom. The van der Waals surface area contributed by atoms with Crippen LogP contribution in [0, 0.1) is 5.41 Å². The maximum Gasteiger partial charge on any atom is 0.0395 e. The molecule has 1 aromatic carbocycles. The summed E-state index contributed by atoms with van der Waals surface area (Å²) in [6.07, 6.45) is 2.45. The van der Waals surface area contributed by atoms with Crippen LogP contribution in [-0.2, 0) is 5.41 Å². The Morgan fingerprint density at radius 1 is 0.897 bits per heavy atom. The number of hydrogen-bond acceptors (Lipinski definition) is 0. The predicted octanol–water partition coefficient (Wildman–Crippen LogP) is 8.87. The van der Waals surface area contributed by atoms with Crippen LogP contribution in [0.1, 0.15) is 85.3 Å². The van der Waals surface area contributed by atoms with E-state index >= 15 is 0 Å². The Balaban J connectivity index is 0.000000555. The van der Waals surface area contributed by atoms with Crippen LogP contribution in [0.15, 0.2) is 24.3 Å². The van der Waals surface area contributed by atoms with E-state index in [1.54, 1.807) is 0 Å². The highest BCUT2D eigenvalue weighted by Crippen LogP contribution is 2.36. The molecule has 0 bridgehead atoms. The van der Waals surface area contributed by atoms with Crippen LogP contribution in [0.3, 0.4) is 0 Å². The molecule has 0 fully saturated rings. The average Bonchev–Trinajstić information content (AvgIpc) is 2.50. The summed E-state index contributed by atoms with van der Waals surface area (Å²) in [4.78, 5) is -0.0396. The number of halogens is 1. The molecular weight excluding hydrogens is 404 g/mol. The van der Waals surface area contributed by atoms with E-state index in [4.69, 9.17) is 11.6 Å². The third-order valence-electron chi connectivity index (χ3n) is 5.44. The molecule has 1 atom stereocenters. The molecule has 0 aliphatic heterocycles. The third-order valence-corrected chi connectivity index (χ3v) is 8.67. The highest BCUT2D eigenvalue weighted by molar-refractivity contribution is 6.56. The van der Waals surface area contributed by atoms with E-state index in [9.17, 15) is 0 Å².